The van der Waals surface area contributed by atoms with E-state index in [-0.39, 0.29) is 16.5 Å². The van der Waals surface area contributed by atoms with Crippen LogP contribution in [-0.4, -0.2) is 23.2 Å². The fourth-order valence-electron chi connectivity index (χ4n) is 1.42. The van der Waals surface area contributed by atoms with Gasteiger partial charge in [0.2, 0.25) is 5.88 Å². The Labute approximate surface area is 114 Å². The lowest BCUT2D eigenvalue weighted by Crippen LogP contribution is -2.00. The Balaban J connectivity index is 2.27. The Morgan fingerprint density at radius 1 is 1.21 bits per heavy atom. The first-order chi connectivity index (χ1) is 9.11. The first kappa shape index (κ1) is 13.2. The minimum absolute atomic E-state index is 0.0363. The number of carboxylic acid groups (broad SMARTS) is 1. The largest absolute Gasteiger partial charge is 0.497 e. The molecule has 2 aromatic rings. The number of rotatable bonds is 4. The third-order valence-corrected chi connectivity index (χ3v) is 2.73. The Kier molecular flexibility index (Phi) is 3.87. The molecule has 0 atom stereocenters. The molecule has 1 aromatic carbocycles. The molecule has 0 fully saturated rings. The highest BCUT2D eigenvalue weighted by Crippen LogP contribution is 2.30. The van der Waals surface area contributed by atoms with Crippen molar-refractivity contribution in [2.45, 2.75) is 0 Å². The molecule has 0 radical (unpaired) electrons. The molecule has 0 amide bonds. The number of methoxy groups -OCH3 is 1. The zero-order valence-electron chi connectivity index (χ0n) is 9.96. The van der Waals surface area contributed by atoms with Crippen molar-refractivity contribution in [3.63, 3.8) is 0 Å². The number of hydrogen-bond donors (Lipinski definition) is 1. The third kappa shape index (κ3) is 2.95. The summed E-state index contributed by atoms with van der Waals surface area (Å²) in [5.41, 5.74) is -0.0554. The van der Waals surface area contributed by atoms with Gasteiger partial charge in [0.15, 0.2) is 0 Å². The monoisotopic (exact) mass is 279 g/mol. The standard InChI is InChI=1S/C13H10ClNO4/c1-18-8-2-4-9(5-3-8)19-12-11(14)10(13(16)17)6-7-15-12/h2-7H,1H3,(H,16,17). The summed E-state index contributed by atoms with van der Waals surface area (Å²) in [4.78, 5) is 14.8. The maximum atomic E-state index is 10.9. The van der Waals surface area contributed by atoms with E-state index in [1.807, 2.05) is 0 Å². The fraction of sp³-hybridized carbons (Fsp3) is 0.0769. The minimum atomic E-state index is -1.13. The van der Waals surface area contributed by atoms with Gasteiger partial charge in [0, 0.05) is 6.20 Å². The lowest BCUT2D eigenvalue weighted by molar-refractivity contribution is 0.0696. The molecule has 0 spiro atoms. The van der Waals surface area contributed by atoms with Gasteiger partial charge in [0.05, 0.1) is 12.7 Å². The first-order valence-electron chi connectivity index (χ1n) is 5.31. The molecule has 6 heteroatoms. The number of carboxylic acids is 1. The molecule has 0 aliphatic carbocycles. The summed E-state index contributed by atoms with van der Waals surface area (Å²) in [6, 6.07) is 8.08. The maximum Gasteiger partial charge on any atom is 0.337 e. The van der Waals surface area contributed by atoms with Gasteiger partial charge in [0.25, 0.3) is 0 Å². The van der Waals surface area contributed by atoms with Crippen LogP contribution < -0.4 is 9.47 Å². The van der Waals surface area contributed by atoms with Crippen molar-refractivity contribution in [3.05, 3.63) is 47.1 Å². The number of halogens is 1. The predicted molar refractivity (Wildman–Crippen MR) is 69.3 cm³/mol. The maximum absolute atomic E-state index is 10.9. The zero-order valence-corrected chi connectivity index (χ0v) is 10.7. The summed E-state index contributed by atoms with van der Waals surface area (Å²) in [6.45, 7) is 0. The number of ether oxygens (including phenoxy) is 2. The molecule has 5 nitrogen and oxygen atoms in total. The second kappa shape index (κ2) is 5.58. The van der Waals surface area contributed by atoms with Crippen molar-refractivity contribution in [2.24, 2.45) is 0 Å². The normalized spacial score (nSPS) is 10.0. The van der Waals surface area contributed by atoms with Crippen LogP contribution in [0.5, 0.6) is 17.4 Å². The topological polar surface area (TPSA) is 68.7 Å². The quantitative estimate of drug-likeness (QED) is 0.930. The summed E-state index contributed by atoms with van der Waals surface area (Å²) in [7, 11) is 1.56. The molecular formula is C13H10ClNO4. The van der Waals surface area contributed by atoms with Gasteiger partial charge >= 0.3 is 5.97 Å². The molecule has 0 saturated carbocycles. The van der Waals surface area contributed by atoms with Crippen LogP contribution in [0.25, 0.3) is 0 Å². The van der Waals surface area contributed by atoms with Crippen LogP contribution in [0.2, 0.25) is 5.02 Å². The molecule has 19 heavy (non-hydrogen) atoms. The number of pyridine rings is 1. The van der Waals surface area contributed by atoms with E-state index in [0.29, 0.717) is 11.5 Å². The number of nitrogens with zero attached hydrogens (tertiary/aromatic N) is 1. The van der Waals surface area contributed by atoms with Crippen LogP contribution in [0, 0.1) is 0 Å². The third-order valence-electron chi connectivity index (χ3n) is 2.36. The number of hydrogen-bond acceptors (Lipinski definition) is 4. The van der Waals surface area contributed by atoms with Gasteiger partial charge < -0.3 is 14.6 Å². The number of aromatic nitrogens is 1. The molecule has 2 rings (SSSR count). The van der Waals surface area contributed by atoms with Crippen molar-refractivity contribution < 1.29 is 19.4 Å². The van der Waals surface area contributed by atoms with Gasteiger partial charge in [-0.05, 0) is 30.3 Å². The van der Waals surface area contributed by atoms with E-state index >= 15 is 0 Å². The molecule has 98 valence electrons. The van der Waals surface area contributed by atoms with Gasteiger partial charge in [-0.2, -0.15) is 0 Å². The Bertz CT molecular complexity index is 598. The molecule has 1 heterocycles. The first-order valence-corrected chi connectivity index (χ1v) is 5.69. The molecule has 0 saturated heterocycles. The smallest absolute Gasteiger partial charge is 0.337 e. The Morgan fingerprint density at radius 3 is 2.42 bits per heavy atom. The molecule has 0 aliphatic heterocycles. The van der Waals surface area contributed by atoms with Gasteiger partial charge in [-0.1, -0.05) is 11.6 Å². The van der Waals surface area contributed by atoms with Crippen LogP contribution in [0.15, 0.2) is 36.5 Å². The zero-order chi connectivity index (χ0) is 13.8. The van der Waals surface area contributed by atoms with E-state index in [1.165, 1.54) is 12.3 Å². The summed E-state index contributed by atoms with van der Waals surface area (Å²) in [5, 5.41) is 8.90. The fourth-order valence-corrected chi connectivity index (χ4v) is 1.65. The van der Waals surface area contributed by atoms with Crippen molar-refractivity contribution >= 4 is 17.6 Å². The highest BCUT2D eigenvalue weighted by Gasteiger charge is 2.14. The van der Waals surface area contributed by atoms with Crippen LogP contribution in [0.3, 0.4) is 0 Å². The van der Waals surface area contributed by atoms with Crippen molar-refractivity contribution in [1.82, 2.24) is 4.98 Å². The average Bonchev–Trinajstić information content (AvgIpc) is 2.41. The van der Waals surface area contributed by atoms with Crippen molar-refractivity contribution in [1.29, 1.82) is 0 Å². The Morgan fingerprint density at radius 2 is 1.84 bits per heavy atom. The lowest BCUT2D eigenvalue weighted by Gasteiger charge is -2.08. The number of benzene rings is 1. The highest BCUT2D eigenvalue weighted by atomic mass is 35.5. The highest BCUT2D eigenvalue weighted by molar-refractivity contribution is 6.34. The van der Waals surface area contributed by atoms with Crippen LogP contribution >= 0.6 is 11.6 Å². The average molecular weight is 280 g/mol. The molecule has 1 aromatic heterocycles. The van der Waals surface area contributed by atoms with E-state index in [2.05, 4.69) is 4.98 Å². The van der Waals surface area contributed by atoms with Gasteiger partial charge in [-0.15, -0.1) is 0 Å². The van der Waals surface area contributed by atoms with Gasteiger partial charge in [0.1, 0.15) is 16.5 Å². The molecule has 1 N–H and O–H groups in total. The number of carbonyl (C=O) groups is 1. The second-order valence-corrected chi connectivity index (χ2v) is 3.94. The summed E-state index contributed by atoms with van der Waals surface area (Å²) in [6.07, 6.45) is 1.33. The van der Waals surface area contributed by atoms with Crippen LogP contribution in [0.4, 0.5) is 0 Å². The molecule has 0 bridgehead atoms. The van der Waals surface area contributed by atoms with E-state index in [4.69, 9.17) is 26.2 Å². The van der Waals surface area contributed by atoms with E-state index < -0.39 is 5.97 Å². The predicted octanol–water partition coefficient (Wildman–Crippen LogP) is 3.23. The lowest BCUT2D eigenvalue weighted by atomic mass is 10.2. The summed E-state index contributed by atoms with van der Waals surface area (Å²) >= 11 is 5.92. The SMILES string of the molecule is COc1ccc(Oc2nccc(C(=O)O)c2Cl)cc1. The van der Waals surface area contributed by atoms with Crippen LogP contribution in [0.1, 0.15) is 10.4 Å². The summed E-state index contributed by atoms with van der Waals surface area (Å²) < 4.78 is 10.5. The van der Waals surface area contributed by atoms with E-state index in [0.717, 1.165) is 0 Å². The minimum Gasteiger partial charge on any atom is -0.497 e. The molecule has 0 unspecified atom stereocenters. The van der Waals surface area contributed by atoms with Crippen molar-refractivity contribution in [2.75, 3.05) is 7.11 Å². The second-order valence-electron chi connectivity index (χ2n) is 3.56. The van der Waals surface area contributed by atoms with Crippen LogP contribution in [-0.2, 0) is 0 Å². The molecule has 0 aliphatic rings. The van der Waals surface area contributed by atoms with E-state index in [9.17, 15) is 4.79 Å². The number of aromatic carboxylic acids is 1. The van der Waals surface area contributed by atoms with Crippen molar-refractivity contribution in [3.8, 4) is 17.4 Å². The van der Waals surface area contributed by atoms with Gasteiger partial charge in [-0.3, -0.25) is 0 Å². The Hall–Kier alpha value is -2.27. The molecular weight excluding hydrogens is 270 g/mol. The van der Waals surface area contributed by atoms with Gasteiger partial charge in [-0.25, -0.2) is 9.78 Å². The summed E-state index contributed by atoms with van der Waals surface area (Å²) in [5.74, 6) is 0.0853. The van der Waals surface area contributed by atoms with E-state index in [1.54, 1.807) is 31.4 Å².